The van der Waals surface area contributed by atoms with Crippen molar-refractivity contribution in [3.63, 3.8) is 0 Å². The topological polar surface area (TPSA) is 70.4 Å². The van der Waals surface area contributed by atoms with E-state index in [1.54, 1.807) is 18.2 Å². The van der Waals surface area contributed by atoms with Gasteiger partial charge >= 0.3 is 0 Å². The summed E-state index contributed by atoms with van der Waals surface area (Å²) in [5.74, 6) is 0.196. The maximum absolute atomic E-state index is 9.47. The van der Waals surface area contributed by atoms with E-state index in [0.717, 1.165) is 5.01 Å². The summed E-state index contributed by atoms with van der Waals surface area (Å²) in [5, 5.41) is 22.6. The Morgan fingerprint density at radius 1 is 1.38 bits per heavy atom. The number of hydrogen-bond acceptors (Lipinski definition) is 6. The van der Waals surface area contributed by atoms with Crippen LogP contribution in [0.1, 0.15) is 10.6 Å². The number of benzene rings is 1. The normalized spacial score (nSPS) is 10.8. The number of hydrogen-bond donors (Lipinski definition) is 2. The molecule has 0 amide bonds. The molecule has 82 valence electrons. The predicted octanol–water partition coefficient (Wildman–Crippen LogP) is 2.00. The number of aryl methyl sites for hydroxylation is 1. The van der Waals surface area contributed by atoms with E-state index in [9.17, 15) is 5.11 Å². The van der Waals surface area contributed by atoms with Crippen LogP contribution in [0.25, 0.3) is 0 Å². The van der Waals surface area contributed by atoms with Gasteiger partial charge in [0.05, 0.1) is 6.21 Å². The minimum absolute atomic E-state index is 0.196. The van der Waals surface area contributed by atoms with E-state index in [-0.39, 0.29) is 5.75 Å². The Labute approximate surface area is 96.5 Å². The summed E-state index contributed by atoms with van der Waals surface area (Å²) in [4.78, 5) is 0. The van der Waals surface area contributed by atoms with Crippen molar-refractivity contribution in [3.8, 4) is 5.75 Å². The number of nitrogens with one attached hydrogen (secondary N) is 1. The fraction of sp³-hybridized carbons (Fsp3) is 0.100. The molecule has 2 rings (SSSR count). The van der Waals surface area contributed by atoms with Crippen molar-refractivity contribution in [2.24, 2.45) is 5.10 Å². The smallest absolute Gasteiger partial charge is 0.225 e. The van der Waals surface area contributed by atoms with E-state index in [0.29, 0.717) is 10.7 Å². The van der Waals surface area contributed by atoms with Gasteiger partial charge in [-0.2, -0.15) is 5.10 Å². The van der Waals surface area contributed by atoms with Gasteiger partial charge in [-0.15, -0.1) is 10.2 Å². The van der Waals surface area contributed by atoms with E-state index in [2.05, 4.69) is 20.7 Å². The predicted molar refractivity (Wildman–Crippen MR) is 64.0 cm³/mol. The van der Waals surface area contributed by atoms with Crippen molar-refractivity contribution in [1.82, 2.24) is 10.2 Å². The van der Waals surface area contributed by atoms with Crippen molar-refractivity contribution >= 4 is 22.7 Å². The van der Waals surface area contributed by atoms with Gasteiger partial charge in [0.15, 0.2) is 0 Å². The van der Waals surface area contributed by atoms with Crippen LogP contribution >= 0.6 is 11.3 Å². The zero-order valence-corrected chi connectivity index (χ0v) is 9.40. The Morgan fingerprint density at radius 3 is 2.88 bits per heavy atom. The van der Waals surface area contributed by atoms with Gasteiger partial charge in [-0.05, 0) is 19.1 Å². The molecular weight excluding hydrogens is 224 g/mol. The molecule has 0 atom stereocenters. The molecule has 0 fully saturated rings. The van der Waals surface area contributed by atoms with Crippen LogP contribution in [0.5, 0.6) is 5.75 Å². The van der Waals surface area contributed by atoms with Gasteiger partial charge < -0.3 is 5.11 Å². The third-order valence-electron chi connectivity index (χ3n) is 1.83. The lowest BCUT2D eigenvalue weighted by atomic mass is 10.2. The zero-order valence-electron chi connectivity index (χ0n) is 8.58. The number of para-hydroxylation sites is 1. The van der Waals surface area contributed by atoms with Crippen LogP contribution in [0.4, 0.5) is 5.13 Å². The van der Waals surface area contributed by atoms with Gasteiger partial charge in [0, 0.05) is 5.56 Å². The molecular formula is C10H10N4OS. The van der Waals surface area contributed by atoms with E-state index in [4.69, 9.17) is 0 Å². The lowest BCUT2D eigenvalue weighted by Crippen LogP contribution is -1.90. The van der Waals surface area contributed by atoms with Crippen LogP contribution in [-0.2, 0) is 0 Å². The number of rotatable bonds is 3. The number of aromatic hydroxyl groups is 1. The second kappa shape index (κ2) is 4.71. The van der Waals surface area contributed by atoms with Crippen molar-refractivity contribution in [2.45, 2.75) is 6.92 Å². The maximum Gasteiger partial charge on any atom is 0.225 e. The molecule has 0 aliphatic heterocycles. The van der Waals surface area contributed by atoms with Crippen LogP contribution in [0.3, 0.4) is 0 Å². The molecule has 0 radical (unpaired) electrons. The number of anilines is 1. The molecule has 1 heterocycles. The first kappa shape index (κ1) is 10.6. The number of aromatic nitrogens is 2. The SMILES string of the molecule is Cc1nnc(N/N=C/c2ccccc2O)s1. The van der Waals surface area contributed by atoms with Crippen molar-refractivity contribution in [3.05, 3.63) is 34.8 Å². The number of phenols is 1. The highest BCUT2D eigenvalue weighted by Crippen LogP contribution is 2.15. The fourth-order valence-corrected chi connectivity index (χ4v) is 1.64. The third-order valence-corrected chi connectivity index (χ3v) is 2.57. The second-order valence-electron chi connectivity index (χ2n) is 3.06. The highest BCUT2D eigenvalue weighted by atomic mass is 32.1. The van der Waals surface area contributed by atoms with Gasteiger partial charge in [0.2, 0.25) is 5.13 Å². The van der Waals surface area contributed by atoms with Crippen molar-refractivity contribution < 1.29 is 5.11 Å². The van der Waals surface area contributed by atoms with Crippen molar-refractivity contribution in [1.29, 1.82) is 0 Å². The first-order valence-electron chi connectivity index (χ1n) is 4.63. The molecule has 16 heavy (non-hydrogen) atoms. The van der Waals surface area contributed by atoms with E-state index < -0.39 is 0 Å². The van der Waals surface area contributed by atoms with Gasteiger partial charge in [-0.3, -0.25) is 5.43 Å². The van der Waals surface area contributed by atoms with Crippen LogP contribution in [0.15, 0.2) is 29.4 Å². The molecule has 6 heteroatoms. The first-order valence-corrected chi connectivity index (χ1v) is 5.44. The van der Waals surface area contributed by atoms with E-state index >= 15 is 0 Å². The average Bonchev–Trinajstić information content (AvgIpc) is 2.67. The summed E-state index contributed by atoms with van der Waals surface area (Å²) in [6, 6.07) is 6.96. The summed E-state index contributed by atoms with van der Waals surface area (Å²) < 4.78 is 0. The standard InChI is InChI=1S/C10H10N4OS/c1-7-12-14-10(16-7)13-11-6-8-4-2-3-5-9(8)15/h2-6,15H,1H3,(H,13,14)/b11-6+. The first-order chi connectivity index (χ1) is 7.75. The Balaban J connectivity index is 2.03. The molecule has 0 spiro atoms. The lowest BCUT2D eigenvalue weighted by molar-refractivity contribution is 0.474. The Kier molecular flexibility index (Phi) is 3.11. The summed E-state index contributed by atoms with van der Waals surface area (Å²) >= 11 is 1.42. The number of phenolic OH excluding ortho intramolecular Hbond substituents is 1. The number of hydrazone groups is 1. The fourth-order valence-electron chi connectivity index (χ4n) is 1.10. The highest BCUT2D eigenvalue weighted by molar-refractivity contribution is 7.15. The molecule has 2 N–H and O–H groups in total. The Bertz CT molecular complexity index is 509. The molecule has 1 aromatic heterocycles. The minimum Gasteiger partial charge on any atom is -0.507 e. The van der Waals surface area contributed by atoms with Crippen LogP contribution in [-0.4, -0.2) is 21.5 Å². The minimum atomic E-state index is 0.196. The van der Waals surface area contributed by atoms with Gasteiger partial charge in [0.25, 0.3) is 0 Å². The van der Waals surface area contributed by atoms with Gasteiger partial charge in [-0.25, -0.2) is 0 Å². The zero-order chi connectivity index (χ0) is 11.4. The van der Waals surface area contributed by atoms with E-state index in [1.807, 2.05) is 13.0 Å². The number of nitrogens with zero attached hydrogens (tertiary/aromatic N) is 3. The summed E-state index contributed by atoms with van der Waals surface area (Å²) in [6.45, 7) is 1.87. The monoisotopic (exact) mass is 234 g/mol. The summed E-state index contributed by atoms with van der Waals surface area (Å²) in [7, 11) is 0. The van der Waals surface area contributed by atoms with E-state index in [1.165, 1.54) is 17.6 Å². The highest BCUT2D eigenvalue weighted by Gasteiger charge is 1.97. The van der Waals surface area contributed by atoms with Crippen molar-refractivity contribution in [2.75, 3.05) is 5.43 Å². The molecule has 2 aromatic rings. The summed E-state index contributed by atoms with van der Waals surface area (Å²) in [5.41, 5.74) is 3.39. The lowest BCUT2D eigenvalue weighted by Gasteiger charge is -1.96. The molecule has 5 nitrogen and oxygen atoms in total. The largest absolute Gasteiger partial charge is 0.507 e. The second-order valence-corrected chi connectivity index (χ2v) is 4.24. The molecule has 0 aliphatic rings. The Hall–Kier alpha value is -1.95. The molecule has 0 aliphatic carbocycles. The molecule has 0 saturated carbocycles. The quantitative estimate of drug-likeness (QED) is 0.629. The molecule has 1 aromatic carbocycles. The maximum atomic E-state index is 9.47. The van der Waals surface area contributed by atoms with Crippen LogP contribution in [0.2, 0.25) is 0 Å². The summed E-state index contributed by atoms with van der Waals surface area (Å²) in [6.07, 6.45) is 1.53. The third kappa shape index (κ3) is 2.54. The van der Waals surface area contributed by atoms with Gasteiger partial charge in [-0.1, -0.05) is 23.5 Å². The molecule has 0 saturated heterocycles. The molecule has 0 bridgehead atoms. The van der Waals surface area contributed by atoms with Crippen LogP contribution < -0.4 is 5.43 Å². The Morgan fingerprint density at radius 2 is 2.19 bits per heavy atom. The molecule has 0 unspecified atom stereocenters. The van der Waals surface area contributed by atoms with Crippen LogP contribution in [0, 0.1) is 6.92 Å². The van der Waals surface area contributed by atoms with Gasteiger partial charge in [0.1, 0.15) is 10.8 Å². The average molecular weight is 234 g/mol.